The van der Waals surface area contributed by atoms with Gasteiger partial charge >= 0.3 is 0 Å². The number of aromatic amines is 1. The van der Waals surface area contributed by atoms with E-state index in [9.17, 15) is 5.11 Å². The first kappa shape index (κ1) is 11.5. The molecule has 0 fully saturated rings. The molecule has 0 bridgehead atoms. The third-order valence-corrected chi connectivity index (χ3v) is 3.17. The van der Waals surface area contributed by atoms with E-state index < -0.39 is 0 Å². The molecule has 0 aliphatic heterocycles. The van der Waals surface area contributed by atoms with E-state index in [2.05, 4.69) is 4.98 Å². The number of hydrogen-bond acceptors (Lipinski definition) is 3. The number of phenols is 1. The minimum absolute atomic E-state index is 0.244. The summed E-state index contributed by atoms with van der Waals surface area (Å²) in [6.07, 6.45) is 0. The number of H-pyrrole nitrogens is 1. The van der Waals surface area contributed by atoms with Gasteiger partial charge < -0.3 is 20.6 Å². The van der Waals surface area contributed by atoms with Gasteiger partial charge in [-0.3, -0.25) is 0 Å². The van der Waals surface area contributed by atoms with Crippen molar-refractivity contribution in [2.75, 3.05) is 12.8 Å². The van der Waals surface area contributed by atoms with Crippen LogP contribution in [-0.4, -0.2) is 17.2 Å². The van der Waals surface area contributed by atoms with E-state index in [0.29, 0.717) is 11.4 Å². The van der Waals surface area contributed by atoms with Crippen molar-refractivity contribution in [1.29, 1.82) is 0 Å². The molecule has 4 heteroatoms. The number of hydrogen-bond donors (Lipinski definition) is 3. The predicted molar refractivity (Wildman–Crippen MR) is 76.4 cm³/mol. The Labute approximate surface area is 110 Å². The molecular formula is C15H14N2O2. The normalized spacial score (nSPS) is 10.8. The van der Waals surface area contributed by atoms with Crippen LogP contribution < -0.4 is 10.5 Å². The summed E-state index contributed by atoms with van der Waals surface area (Å²) < 4.78 is 5.20. The lowest BCUT2D eigenvalue weighted by molar-refractivity contribution is 0.417. The van der Waals surface area contributed by atoms with Gasteiger partial charge in [0, 0.05) is 22.5 Å². The van der Waals surface area contributed by atoms with Gasteiger partial charge in [0.2, 0.25) is 0 Å². The van der Waals surface area contributed by atoms with Crippen LogP contribution in [-0.2, 0) is 0 Å². The summed E-state index contributed by atoms with van der Waals surface area (Å²) >= 11 is 0. The van der Waals surface area contributed by atoms with Crippen molar-refractivity contribution in [3.8, 4) is 22.8 Å². The van der Waals surface area contributed by atoms with E-state index in [1.807, 2.05) is 30.3 Å². The summed E-state index contributed by atoms with van der Waals surface area (Å²) in [4.78, 5) is 3.26. The van der Waals surface area contributed by atoms with Crippen LogP contribution in [0.3, 0.4) is 0 Å². The van der Waals surface area contributed by atoms with E-state index in [1.54, 1.807) is 19.2 Å². The fourth-order valence-electron chi connectivity index (χ4n) is 2.20. The molecule has 0 aliphatic carbocycles. The number of nitrogen functional groups attached to an aromatic ring is 1. The monoisotopic (exact) mass is 254 g/mol. The van der Waals surface area contributed by atoms with Crippen molar-refractivity contribution in [3.05, 3.63) is 42.5 Å². The molecule has 3 aromatic rings. The molecule has 0 saturated carbocycles. The number of ether oxygens (including phenoxy) is 1. The van der Waals surface area contributed by atoms with Gasteiger partial charge in [-0.25, -0.2) is 0 Å². The van der Waals surface area contributed by atoms with Crippen LogP contribution in [0.4, 0.5) is 5.69 Å². The molecule has 1 heterocycles. The Bertz CT molecular complexity index is 747. The molecule has 19 heavy (non-hydrogen) atoms. The second-order valence-electron chi connectivity index (χ2n) is 4.38. The summed E-state index contributed by atoms with van der Waals surface area (Å²) in [5.41, 5.74) is 9.01. The van der Waals surface area contributed by atoms with Gasteiger partial charge in [0.05, 0.1) is 18.5 Å². The number of para-hydroxylation sites is 1. The van der Waals surface area contributed by atoms with Gasteiger partial charge in [0.25, 0.3) is 0 Å². The lowest BCUT2D eigenvalue weighted by Gasteiger charge is -2.03. The maximum atomic E-state index is 9.88. The zero-order valence-corrected chi connectivity index (χ0v) is 10.5. The highest BCUT2D eigenvalue weighted by Gasteiger charge is 2.09. The van der Waals surface area contributed by atoms with E-state index >= 15 is 0 Å². The second-order valence-corrected chi connectivity index (χ2v) is 4.38. The molecule has 0 saturated heterocycles. The van der Waals surface area contributed by atoms with Gasteiger partial charge in [-0.05, 0) is 24.3 Å². The number of rotatable bonds is 2. The Morgan fingerprint density at radius 2 is 1.95 bits per heavy atom. The molecule has 0 amide bonds. The van der Waals surface area contributed by atoms with E-state index in [0.717, 1.165) is 22.2 Å². The third kappa shape index (κ3) is 1.87. The number of aromatic hydroxyl groups is 1. The third-order valence-electron chi connectivity index (χ3n) is 3.17. The average Bonchev–Trinajstić information content (AvgIpc) is 2.80. The molecule has 96 valence electrons. The highest BCUT2D eigenvalue weighted by Crippen LogP contribution is 2.33. The van der Waals surface area contributed by atoms with Gasteiger partial charge in [0.15, 0.2) is 0 Å². The molecule has 3 rings (SSSR count). The first-order valence-electron chi connectivity index (χ1n) is 5.93. The average molecular weight is 254 g/mol. The molecule has 0 unspecified atom stereocenters. The fourth-order valence-corrected chi connectivity index (χ4v) is 2.20. The van der Waals surface area contributed by atoms with Crippen LogP contribution in [0.1, 0.15) is 0 Å². The van der Waals surface area contributed by atoms with Gasteiger partial charge in [0.1, 0.15) is 11.5 Å². The zero-order valence-electron chi connectivity index (χ0n) is 10.5. The quantitative estimate of drug-likeness (QED) is 0.615. The number of aromatic nitrogens is 1. The van der Waals surface area contributed by atoms with Crippen molar-refractivity contribution in [1.82, 2.24) is 4.98 Å². The number of nitrogens with one attached hydrogen (secondary N) is 1. The first-order valence-corrected chi connectivity index (χ1v) is 5.93. The van der Waals surface area contributed by atoms with Crippen molar-refractivity contribution in [3.63, 3.8) is 0 Å². The van der Waals surface area contributed by atoms with Gasteiger partial charge in [-0.2, -0.15) is 0 Å². The first-order chi connectivity index (χ1) is 9.19. The topological polar surface area (TPSA) is 71.3 Å². The van der Waals surface area contributed by atoms with Crippen LogP contribution in [0.15, 0.2) is 42.5 Å². The maximum Gasteiger partial charge on any atom is 0.143 e. The van der Waals surface area contributed by atoms with Crippen molar-refractivity contribution >= 4 is 16.6 Å². The fraction of sp³-hybridized carbons (Fsp3) is 0.0667. The van der Waals surface area contributed by atoms with Crippen molar-refractivity contribution < 1.29 is 9.84 Å². The SMILES string of the molecule is COc1cc2[nH]c(-c3ccccc3O)cc2cc1N. The van der Waals surface area contributed by atoms with E-state index in [4.69, 9.17) is 10.5 Å². The Hall–Kier alpha value is -2.62. The number of benzene rings is 2. The standard InChI is InChI=1S/C15H14N2O2/c1-19-15-8-12-9(6-11(15)16)7-13(17-12)10-4-2-3-5-14(10)18/h2-8,17-18H,16H2,1H3. The molecule has 0 spiro atoms. The summed E-state index contributed by atoms with van der Waals surface area (Å²) in [7, 11) is 1.59. The Morgan fingerprint density at radius 1 is 1.16 bits per heavy atom. The minimum atomic E-state index is 0.244. The number of phenolic OH excluding ortho intramolecular Hbond substituents is 1. The summed E-state index contributed by atoms with van der Waals surface area (Å²) in [5, 5.41) is 10.9. The number of nitrogens with two attached hydrogens (primary N) is 1. The van der Waals surface area contributed by atoms with Crippen LogP contribution in [0.25, 0.3) is 22.2 Å². The Morgan fingerprint density at radius 3 is 2.68 bits per heavy atom. The summed E-state index contributed by atoms with van der Waals surface area (Å²) in [6, 6.07) is 12.9. The largest absolute Gasteiger partial charge is 0.507 e. The Kier molecular flexibility index (Phi) is 2.56. The minimum Gasteiger partial charge on any atom is -0.507 e. The predicted octanol–water partition coefficient (Wildman–Crippen LogP) is 3.13. The molecule has 2 aromatic carbocycles. The van der Waals surface area contributed by atoms with E-state index in [1.165, 1.54) is 0 Å². The maximum absolute atomic E-state index is 9.88. The molecule has 0 aliphatic rings. The van der Waals surface area contributed by atoms with Crippen LogP contribution in [0.5, 0.6) is 11.5 Å². The molecule has 4 nitrogen and oxygen atoms in total. The lowest BCUT2D eigenvalue weighted by Crippen LogP contribution is -1.91. The van der Waals surface area contributed by atoms with Crippen LogP contribution >= 0.6 is 0 Å². The molecule has 0 atom stereocenters. The molecule has 1 aromatic heterocycles. The Balaban J connectivity index is 2.20. The summed E-state index contributed by atoms with van der Waals surface area (Å²) in [5.74, 6) is 0.882. The van der Waals surface area contributed by atoms with Crippen molar-refractivity contribution in [2.45, 2.75) is 0 Å². The number of methoxy groups -OCH3 is 1. The van der Waals surface area contributed by atoms with Crippen LogP contribution in [0.2, 0.25) is 0 Å². The molecule has 0 radical (unpaired) electrons. The molecule has 4 N–H and O–H groups in total. The number of fused-ring (bicyclic) bond motifs is 1. The van der Waals surface area contributed by atoms with Crippen LogP contribution in [0, 0.1) is 0 Å². The van der Waals surface area contributed by atoms with Crippen molar-refractivity contribution in [2.24, 2.45) is 0 Å². The highest BCUT2D eigenvalue weighted by molar-refractivity contribution is 5.91. The lowest BCUT2D eigenvalue weighted by atomic mass is 10.1. The smallest absolute Gasteiger partial charge is 0.143 e. The zero-order chi connectivity index (χ0) is 13.4. The highest BCUT2D eigenvalue weighted by atomic mass is 16.5. The second kappa shape index (κ2) is 4.24. The van der Waals surface area contributed by atoms with E-state index in [-0.39, 0.29) is 5.75 Å². The summed E-state index contributed by atoms with van der Waals surface area (Å²) in [6.45, 7) is 0. The van der Waals surface area contributed by atoms with Gasteiger partial charge in [-0.15, -0.1) is 0 Å². The van der Waals surface area contributed by atoms with Gasteiger partial charge in [-0.1, -0.05) is 12.1 Å². The number of anilines is 1. The molecular weight excluding hydrogens is 240 g/mol.